The number of hydrogen-bond acceptors (Lipinski definition) is 12. The van der Waals surface area contributed by atoms with Gasteiger partial charge in [0.2, 0.25) is 23.5 Å². The normalized spacial score (nSPS) is 18.0. The van der Waals surface area contributed by atoms with E-state index in [1.807, 2.05) is 0 Å². The van der Waals surface area contributed by atoms with Crippen LogP contribution >= 0.6 is 0 Å². The molecule has 1 saturated heterocycles. The molecule has 0 bridgehead atoms. The predicted octanol–water partition coefficient (Wildman–Crippen LogP) is 5.29. The SMILES string of the molecule is C=C(C)C[C@H](CC(=O)[C@@H](NC(=O)c1cnccn1)C1CCCCC1)C(=O)N[C@H]1CN(C(=O)OC(C)(C)C)C[C@H]1C(=O)C[C@@H](CCC)C(=O)C(=O)CCC(=O)N[C@H](C(=O)N(C)C)c1ccccc1. The Kier molecular flexibility index (Phi) is 20.1. The van der Waals surface area contributed by atoms with Crippen molar-refractivity contribution in [1.29, 1.82) is 0 Å². The zero-order valence-corrected chi connectivity index (χ0v) is 40.1. The van der Waals surface area contributed by atoms with Crippen LogP contribution in [0.25, 0.3) is 0 Å². The first-order valence-electron chi connectivity index (χ1n) is 23.4. The minimum absolute atomic E-state index is 0.0561. The van der Waals surface area contributed by atoms with Gasteiger partial charge < -0.3 is 30.5 Å². The van der Waals surface area contributed by atoms with E-state index in [-0.39, 0.29) is 68.5 Å². The number of Topliss-reactive ketones (excluding diaryl/α,β-unsaturated/α-hetero) is 4. The number of likely N-dealkylation sites (N-methyl/N-ethyl adjacent to an activating group) is 1. The lowest BCUT2D eigenvalue weighted by Crippen LogP contribution is -2.49. The highest BCUT2D eigenvalue weighted by atomic mass is 16.6. The third-order valence-electron chi connectivity index (χ3n) is 12.1. The molecule has 1 aromatic carbocycles. The van der Waals surface area contributed by atoms with Gasteiger partial charge in [-0.15, -0.1) is 6.58 Å². The van der Waals surface area contributed by atoms with Crippen LogP contribution in [0.15, 0.2) is 61.1 Å². The summed E-state index contributed by atoms with van der Waals surface area (Å²) in [5.41, 5.74) is 0.360. The zero-order valence-electron chi connectivity index (χ0n) is 40.1. The van der Waals surface area contributed by atoms with Crippen molar-refractivity contribution in [1.82, 2.24) is 35.7 Å². The van der Waals surface area contributed by atoms with Crippen molar-refractivity contribution in [3.05, 3.63) is 72.3 Å². The van der Waals surface area contributed by atoms with E-state index in [1.165, 1.54) is 28.4 Å². The Morgan fingerprint density at radius 2 is 1.57 bits per heavy atom. The number of ether oxygens (including phenoxy) is 1. The quantitative estimate of drug-likeness (QED) is 0.0954. The smallest absolute Gasteiger partial charge is 0.410 e. The Morgan fingerprint density at radius 3 is 2.16 bits per heavy atom. The van der Waals surface area contributed by atoms with E-state index in [4.69, 9.17) is 4.74 Å². The number of amides is 5. The van der Waals surface area contributed by atoms with Crippen LogP contribution in [-0.4, -0.2) is 117 Å². The lowest BCUT2D eigenvalue weighted by atomic mass is 9.80. The molecule has 2 aromatic rings. The molecule has 1 saturated carbocycles. The van der Waals surface area contributed by atoms with Gasteiger partial charge in [-0.05, 0) is 64.9 Å². The molecule has 17 heteroatoms. The molecule has 2 heterocycles. The fourth-order valence-electron chi connectivity index (χ4n) is 8.73. The Hall–Kier alpha value is -6.13. The van der Waals surface area contributed by atoms with Crippen LogP contribution in [0, 0.1) is 23.7 Å². The molecule has 67 heavy (non-hydrogen) atoms. The number of nitrogens with one attached hydrogen (secondary N) is 3. The summed E-state index contributed by atoms with van der Waals surface area (Å²) in [5.74, 6) is -7.66. The minimum atomic E-state index is -1.03. The third-order valence-corrected chi connectivity index (χ3v) is 12.1. The first kappa shape index (κ1) is 53.5. The Balaban J connectivity index is 1.51. The maximum atomic E-state index is 14.3. The average molecular weight is 928 g/mol. The van der Waals surface area contributed by atoms with E-state index in [9.17, 15) is 43.2 Å². The average Bonchev–Trinajstić information content (AvgIpc) is 3.72. The van der Waals surface area contributed by atoms with Crippen molar-refractivity contribution in [2.75, 3.05) is 27.2 Å². The second-order valence-corrected chi connectivity index (χ2v) is 19.2. The molecule has 3 N–H and O–H groups in total. The van der Waals surface area contributed by atoms with Crippen molar-refractivity contribution in [3.8, 4) is 0 Å². The largest absolute Gasteiger partial charge is 0.444 e. The van der Waals surface area contributed by atoms with Crippen molar-refractivity contribution >= 4 is 52.9 Å². The van der Waals surface area contributed by atoms with E-state index in [2.05, 4.69) is 32.5 Å². The second-order valence-electron chi connectivity index (χ2n) is 19.2. The number of aromatic nitrogens is 2. The van der Waals surface area contributed by atoms with Gasteiger partial charge in [-0.2, -0.15) is 0 Å². The van der Waals surface area contributed by atoms with Crippen molar-refractivity contribution in [3.63, 3.8) is 0 Å². The molecule has 17 nitrogen and oxygen atoms in total. The molecule has 6 atom stereocenters. The molecule has 1 aliphatic carbocycles. The molecule has 0 unspecified atom stereocenters. The summed E-state index contributed by atoms with van der Waals surface area (Å²) in [4.78, 5) is 133. The van der Waals surface area contributed by atoms with Crippen LogP contribution in [0.5, 0.6) is 0 Å². The van der Waals surface area contributed by atoms with Crippen LogP contribution in [-0.2, 0) is 38.3 Å². The van der Waals surface area contributed by atoms with E-state index < -0.39 is 89.1 Å². The molecule has 4 rings (SSSR count). The molecule has 5 amide bonds. The van der Waals surface area contributed by atoms with Gasteiger partial charge in [0.15, 0.2) is 11.6 Å². The van der Waals surface area contributed by atoms with Crippen LogP contribution in [0.2, 0.25) is 0 Å². The lowest BCUT2D eigenvalue weighted by Gasteiger charge is -2.31. The first-order chi connectivity index (χ1) is 31.7. The molecule has 0 spiro atoms. The molecule has 364 valence electrons. The summed E-state index contributed by atoms with van der Waals surface area (Å²) in [5, 5.41) is 8.51. The van der Waals surface area contributed by atoms with Gasteiger partial charge in [0.05, 0.1) is 24.2 Å². The Bertz CT molecular complexity index is 2100. The molecule has 1 aromatic heterocycles. The van der Waals surface area contributed by atoms with Gasteiger partial charge in [-0.3, -0.25) is 43.3 Å². The highest BCUT2D eigenvalue weighted by Crippen LogP contribution is 2.30. The van der Waals surface area contributed by atoms with E-state index >= 15 is 0 Å². The fraction of sp³-hybridized carbons (Fsp3) is 0.580. The molecule has 2 fully saturated rings. The number of carbonyl (C=O) groups excluding carboxylic acids is 9. The standard InChI is InChI=1S/C50H69N7O10/c1-9-16-34(45(62)39(58)21-22-42(61)54-44(48(65)56(7)8)33-19-14-11-15-20-33)26-40(59)36-29-57(49(66)67-50(4,5)6)30-38(36)53-46(63)35(25-31(2)3)27-41(60)43(32-17-12-10-13-18-32)55-47(64)37-28-51-23-24-52-37/h11,14-15,19-20,23-24,28,32,34-36,38,43-44H,2,9-10,12-13,16-18,21-22,25-27,29-30H2,1,3-8H3,(H,53,63)(H,54,61)(H,55,64)/t34-,35-,36-,38+,43+,44+/m1/s1. The topological polar surface area (TPSA) is 231 Å². The third kappa shape index (κ3) is 16.3. The van der Waals surface area contributed by atoms with Crippen LogP contribution in [0.4, 0.5) is 4.79 Å². The van der Waals surface area contributed by atoms with Gasteiger partial charge in [0.25, 0.3) is 5.91 Å². The fourth-order valence-corrected chi connectivity index (χ4v) is 8.73. The molecule has 2 aliphatic rings. The van der Waals surface area contributed by atoms with Gasteiger partial charge in [0, 0.05) is 77.1 Å². The summed E-state index contributed by atoms with van der Waals surface area (Å²) in [6.45, 7) is 12.4. The number of rotatable bonds is 23. The van der Waals surface area contributed by atoms with E-state index in [1.54, 1.807) is 79.0 Å². The van der Waals surface area contributed by atoms with Crippen molar-refractivity contribution < 1.29 is 47.9 Å². The number of carbonyl (C=O) groups is 9. The maximum absolute atomic E-state index is 14.3. The van der Waals surface area contributed by atoms with Crippen LogP contribution in [0.1, 0.15) is 134 Å². The van der Waals surface area contributed by atoms with E-state index in [0.29, 0.717) is 17.6 Å². The number of ketones is 4. The monoisotopic (exact) mass is 928 g/mol. The number of hydrogen-bond donors (Lipinski definition) is 3. The van der Waals surface area contributed by atoms with Crippen LogP contribution < -0.4 is 16.0 Å². The number of nitrogens with zero attached hydrogens (tertiary/aromatic N) is 4. The Morgan fingerprint density at radius 1 is 0.881 bits per heavy atom. The van der Waals surface area contributed by atoms with Gasteiger partial charge >= 0.3 is 6.09 Å². The summed E-state index contributed by atoms with van der Waals surface area (Å²) in [6.07, 6.45) is 7.01. The molecular formula is C50H69N7O10. The van der Waals surface area contributed by atoms with Gasteiger partial charge in [-0.25, -0.2) is 9.78 Å². The van der Waals surface area contributed by atoms with Gasteiger partial charge in [0.1, 0.15) is 23.1 Å². The first-order valence-corrected chi connectivity index (χ1v) is 23.4. The maximum Gasteiger partial charge on any atom is 0.410 e. The van der Waals surface area contributed by atoms with Crippen LogP contribution in [0.3, 0.4) is 0 Å². The number of allylic oxidation sites excluding steroid dienone is 1. The van der Waals surface area contributed by atoms with E-state index in [0.717, 1.165) is 32.1 Å². The highest BCUT2D eigenvalue weighted by Gasteiger charge is 2.44. The molecular weight excluding hydrogens is 859 g/mol. The molecule has 1 aliphatic heterocycles. The summed E-state index contributed by atoms with van der Waals surface area (Å²) in [7, 11) is 3.12. The van der Waals surface area contributed by atoms with Crippen molar-refractivity contribution in [2.24, 2.45) is 23.7 Å². The second kappa shape index (κ2) is 25.1. The lowest BCUT2D eigenvalue weighted by molar-refractivity contribution is -0.141. The minimum Gasteiger partial charge on any atom is -0.444 e. The Labute approximate surface area is 394 Å². The number of benzene rings is 1. The summed E-state index contributed by atoms with van der Waals surface area (Å²) >= 11 is 0. The zero-order chi connectivity index (χ0) is 49.4. The predicted molar refractivity (Wildman–Crippen MR) is 249 cm³/mol. The highest BCUT2D eigenvalue weighted by molar-refractivity contribution is 6.38. The number of likely N-dealkylation sites (tertiary alicyclic amines) is 1. The molecule has 0 radical (unpaired) electrons. The summed E-state index contributed by atoms with van der Waals surface area (Å²) < 4.78 is 5.62. The summed E-state index contributed by atoms with van der Waals surface area (Å²) in [6, 6.07) is 5.80. The van der Waals surface area contributed by atoms with Crippen molar-refractivity contribution in [2.45, 2.75) is 135 Å². The van der Waals surface area contributed by atoms with Gasteiger partial charge in [-0.1, -0.05) is 68.5 Å².